The Labute approximate surface area is 87.3 Å². The van der Waals surface area contributed by atoms with E-state index in [-0.39, 0.29) is 0 Å². The van der Waals surface area contributed by atoms with Crippen LogP contribution in [0.4, 0.5) is 11.6 Å². The highest BCUT2D eigenvalue weighted by Crippen LogP contribution is 2.18. The van der Waals surface area contributed by atoms with Crippen molar-refractivity contribution in [2.75, 3.05) is 24.7 Å². The summed E-state index contributed by atoms with van der Waals surface area (Å²) in [5, 5.41) is 14.1. The van der Waals surface area contributed by atoms with Gasteiger partial charge in [-0.3, -0.25) is 0 Å². The molecule has 2 rings (SSSR count). The molecule has 0 spiro atoms. The predicted molar refractivity (Wildman–Crippen MR) is 58.2 cm³/mol. The Kier molecular flexibility index (Phi) is 2.49. The van der Waals surface area contributed by atoms with E-state index < -0.39 is 0 Å². The quantitative estimate of drug-likeness (QED) is 0.772. The van der Waals surface area contributed by atoms with Gasteiger partial charge >= 0.3 is 0 Å². The van der Waals surface area contributed by atoms with Crippen molar-refractivity contribution in [3.8, 4) is 5.69 Å². The summed E-state index contributed by atoms with van der Waals surface area (Å²) in [6, 6.07) is 3.78. The number of anilines is 2. The fraction of sp³-hybridized carbons (Fsp3) is 0.222. The van der Waals surface area contributed by atoms with Gasteiger partial charge in [-0.1, -0.05) is 0 Å². The summed E-state index contributed by atoms with van der Waals surface area (Å²) in [7, 11) is 3.64. The molecule has 0 unspecified atom stereocenters. The number of pyridine rings is 1. The van der Waals surface area contributed by atoms with Crippen molar-refractivity contribution in [1.29, 1.82) is 0 Å². The Bertz CT molecular complexity index is 436. The molecular weight excluding hydrogens is 192 g/mol. The van der Waals surface area contributed by atoms with Gasteiger partial charge in [-0.05, 0) is 12.1 Å². The molecule has 6 nitrogen and oxygen atoms in total. The lowest BCUT2D eigenvalue weighted by Gasteiger charge is -2.08. The van der Waals surface area contributed by atoms with E-state index in [1.807, 2.05) is 26.2 Å². The zero-order chi connectivity index (χ0) is 10.7. The first-order chi connectivity index (χ1) is 7.35. The molecule has 15 heavy (non-hydrogen) atoms. The number of nitrogens with one attached hydrogen (secondary N) is 2. The highest BCUT2D eigenvalue weighted by Gasteiger charge is 2.06. The van der Waals surface area contributed by atoms with E-state index in [2.05, 4.69) is 25.8 Å². The van der Waals surface area contributed by atoms with Crippen molar-refractivity contribution >= 4 is 11.6 Å². The minimum Gasteiger partial charge on any atom is -0.373 e. The first kappa shape index (κ1) is 9.45. The third-order valence-corrected chi connectivity index (χ3v) is 2.00. The lowest BCUT2D eigenvalue weighted by Crippen LogP contribution is -2.06. The van der Waals surface area contributed by atoms with E-state index in [0.29, 0.717) is 0 Å². The number of nitrogens with zero attached hydrogens (tertiary/aromatic N) is 4. The van der Waals surface area contributed by atoms with Gasteiger partial charge in [0.25, 0.3) is 0 Å². The van der Waals surface area contributed by atoms with Gasteiger partial charge in [0.05, 0.1) is 12.4 Å². The lowest BCUT2D eigenvalue weighted by atomic mass is 10.3. The van der Waals surface area contributed by atoms with E-state index in [4.69, 9.17) is 0 Å². The summed E-state index contributed by atoms with van der Waals surface area (Å²) in [5.74, 6) is 1.54. The third-order valence-electron chi connectivity index (χ3n) is 2.00. The van der Waals surface area contributed by atoms with E-state index in [9.17, 15) is 0 Å². The Morgan fingerprint density at radius 1 is 1.07 bits per heavy atom. The van der Waals surface area contributed by atoms with Gasteiger partial charge in [0, 0.05) is 14.1 Å². The molecule has 0 amide bonds. The molecule has 0 atom stereocenters. The van der Waals surface area contributed by atoms with E-state index in [1.54, 1.807) is 12.4 Å². The molecule has 0 bridgehead atoms. The standard InChI is InChI=1S/C9H12N6/c1-10-8-4-3-7(9(11-2)14-8)15-12-5-6-13-15/h3-6H,1-2H3,(H2,10,11,14). The topological polar surface area (TPSA) is 67.7 Å². The molecule has 0 aliphatic carbocycles. The summed E-state index contributed by atoms with van der Waals surface area (Å²) in [6.07, 6.45) is 3.26. The van der Waals surface area contributed by atoms with Crippen molar-refractivity contribution in [2.45, 2.75) is 0 Å². The monoisotopic (exact) mass is 204 g/mol. The lowest BCUT2D eigenvalue weighted by molar-refractivity contribution is 0.750. The average molecular weight is 204 g/mol. The molecule has 6 heteroatoms. The first-order valence-corrected chi connectivity index (χ1v) is 4.58. The van der Waals surface area contributed by atoms with Crippen molar-refractivity contribution in [3.05, 3.63) is 24.5 Å². The van der Waals surface area contributed by atoms with E-state index in [0.717, 1.165) is 17.3 Å². The molecule has 0 radical (unpaired) electrons. The fourth-order valence-electron chi connectivity index (χ4n) is 1.28. The maximum atomic E-state index is 4.34. The molecule has 0 aliphatic heterocycles. The van der Waals surface area contributed by atoms with Gasteiger partial charge in [0.15, 0.2) is 5.82 Å². The molecular formula is C9H12N6. The highest BCUT2D eigenvalue weighted by atomic mass is 15.5. The van der Waals surface area contributed by atoms with Crippen molar-refractivity contribution in [3.63, 3.8) is 0 Å². The van der Waals surface area contributed by atoms with Crippen LogP contribution < -0.4 is 10.6 Å². The van der Waals surface area contributed by atoms with Gasteiger partial charge < -0.3 is 10.6 Å². The van der Waals surface area contributed by atoms with E-state index >= 15 is 0 Å². The van der Waals surface area contributed by atoms with Gasteiger partial charge in [0.2, 0.25) is 0 Å². The van der Waals surface area contributed by atoms with Crippen LogP contribution in [-0.2, 0) is 0 Å². The minimum absolute atomic E-state index is 0.734. The molecule has 2 aromatic heterocycles. The minimum atomic E-state index is 0.734. The Hall–Kier alpha value is -2.11. The largest absolute Gasteiger partial charge is 0.373 e. The molecule has 2 N–H and O–H groups in total. The summed E-state index contributed by atoms with van der Waals surface area (Å²) in [5.41, 5.74) is 0.821. The molecule has 0 aromatic carbocycles. The molecule has 0 saturated heterocycles. The maximum absolute atomic E-state index is 4.34. The van der Waals surface area contributed by atoms with Crippen LogP contribution in [0.5, 0.6) is 0 Å². The van der Waals surface area contributed by atoms with Crippen LogP contribution in [0, 0.1) is 0 Å². The summed E-state index contributed by atoms with van der Waals surface area (Å²) >= 11 is 0. The number of rotatable bonds is 3. The maximum Gasteiger partial charge on any atom is 0.156 e. The first-order valence-electron chi connectivity index (χ1n) is 4.58. The van der Waals surface area contributed by atoms with Crippen LogP contribution in [0.2, 0.25) is 0 Å². The molecule has 2 aromatic rings. The highest BCUT2D eigenvalue weighted by molar-refractivity contribution is 5.58. The normalized spacial score (nSPS) is 10.0. The van der Waals surface area contributed by atoms with Crippen LogP contribution in [0.15, 0.2) is 24.5 Å². The van der Waals surface area contributed by atoms with Gasteiger partial charge in [-0.25, -0.2) is 4.98 Å². The summed E-state index contributed by atoms with van der Waals surface area (Å²) < 4.78 is 0. The zero-order valence-corrected chi connectivity index (χ0v) is 8.60. The predicted octanol–water partition coefficient (Wildman–Crippen LogP) is 0.746. The Balaban J connectivity index is 2.48. The number of hydrogen-bond acceptors (Lipinski definition) is 5. The Morgan fingerprint density at radius 3 is 2.40 bits per heavy atom. The van der Waals surface area contributed by atoms with Crippen LogP contribution in [0.1, 0.15) is 0 Å². The molecule has 0 saturated carbocycles. The second-order valence-electron chi connectivity index (χ2n) is 2.88. The number of aromatic nitrogens is 4. The average Bonchev–Trinajstić information content (AvgIpc) is 2.81. The zero-order valence-electron chi connectivity index (χ0n) is 8.60. The third kappa shape index (κ3) is 1.74. The van der Waals surface area contributed by atoms with Gasteiger partial charge in [0.1, 0.15) is 11.5 Å². The van der Waals surface area contributed by atoms with Crippen molar-refractivity contribution in [2.24, 2.45) is 0 Å². The second-order valence-corrected chi connectivity index (χ2v) is 2.88. The smallest absolute Gasteiger partial charge is 0.156 e. The summed E-state index contributed by atoms with van der Waals surface area (Å²) in [4.78, 5) is 5.87. The van der Waals surface area contributed by atoms with Crippen LogP contribution in [0.25, 0.3) is 5.69 Å². The summed E-state index contributed by atoms with van der Waals surface area (Å²) in [6.45, 7) is 0. The fourth-order valence-corrected chi connectivity index (χ4v) is 1.28. The second kappa shape index (κ2) is 3.95. The van der Waals surface area contributed by atoms with Gasteiger partial charge in [-0.15, -0.1) is 4.80 Å². The molecule has 0 fully saturated rings. The van der Waals surface area contributed by atoms with Crippen molar-refractivity contribution in [1.82, 2.24) is 20.0 Å². The van der Waals surface area contributed by atoms with Crippen molar-refractivity contribution < 1.29 is 0 Å². The Morgan fingerprint density at radius 2 is 1.80 bits per heavy atom. The molecule has 2 heterocycles. The molecule has 78 valence electrons. The van der Waals surface area contributed by atoms with E-state index in [1.165, 1.54) is 4.80 Å². The van der Waals surface area contributed by atoms with Crippen LogP contribution in [-0.4, -0.2) is 34.1 Å². The van der Waals surface area contributed by atoms with Gasteiger partial charge in [-0.2, -0.15) is 10.2 Å². The molecule has 0 aliphatic rings. The number of hydrogen-bond donors (Lipinski definition) is 2. The van der Waals surface area contributed by atoms with Crippen LogP contribution >= 0.6 is 0 Å². The SMILES string of the molecule is CNc1ccc(-n2nccn2)c(NC)n1. The van der Waals surface area contributed by atoms with Crippen LogP contribution in [0.3, 0.4) is 0 Å².